The number of hydrogen-bond donors (Lipinski definition) is 0. The smallest absolute Gasteiger partial charge is 0.122 e. The molecule has 126 valence electrons. The first kappa shape index (κ1) is 17.7. The molecule has 1 heterocycles. The normalized spacial score (nSPS) is 12.7. The van der Waals surface area contributed by atoms with Crippen molar-refractivity contribution >= 4 is 0 Å². The number of hydrogen-bond acceptors (Lipinski definition) is 3. The molecule has 0 saturated carbocycles. The Morgan fingerprint density at radius 1 is 1.22 bits per heavy atom. The number of imidazole rings is 1. The van der Waals surface area contributed by atoms with Gasteiger partial charge in [-0.25, -0.2) is 4.98 Å². The van der Waals surface area contributed by atoms with Crippen LogP contribution in [0.2, 0.25) is 0 Å². The lowest BCUT2D eigenvalue weighted by Crippen LogP contribution is -2.33. The van der Waals surface area contributed by atoms with Gasteiger partial charge >= 0.3 is 0 Å². The summed E-state index contributed by atoms with van der Waals surface area (Å²) < 4.78 is 7.38. The fourth-order valence-corrected chi connectivity index (χ4v) is 2.62. The summed E-state index contributed by atoms with van der Waals surface area (Å²) in [5.74, 6) is 1.11. The van der Waals surface area contributed by atoms with Crippen LogP contribution in [0, 0.1) is 6.92 Å². The van der Waals surface area contributed by atoms with Gasteiger partial charge in [-0.1, -0.05) is 36.8 Å². The molecule has 0 N–H and O–H groups in total. The van der Waals surface area contributed by atoms with Gasteiger partial charge in [0.2, 0.25) is 0 Å². The first-order chi connectivity index (χ1) is 11.1. The topological polar surface area (TPSA) is 30.3 Å². The van der Waals surface area contributed by atoms with E-state index in [1.807, 2.05) is 12.4 Å². The van der Waals surface area contributed by atoms with Crippen molar-refractivity contribution < 1.29 is 4.74 Å². The van der Waals surface area contributed by atoms with Gasteiger partial charge in [-0.2, -0.15) is 0 Å². The average molecular weight is 315 g/mol. The van der Waals surface area contributed by atoms with Crippen LogP contribution >= 0.6 is 0 Å². The zero-order valence-electron chi connectivity index (χ0n) is 14.8. The van der Waals surface area contributed by atoms with Crippen molar-refractivity contribution in [2.24, 2.45) is 0 Å². The van der Waals surface area contributed by atoms with E-state index < -0.39 is 0 Å². The van der Waals surface area contributed by atoms with Gasteiger partial charge in [0.15, 0.2) is 0 Å². The van der Waals surface area contributed by atoms with Crippen molar-refractivity contribution in [3.8, 4) is 0 Å². The van der Waals surface area contributed by atoms with Crippen molar-refractivity contribution in [1.82, 2.24) is 14.5 Å². The highest BCUT2D eigenvalue weighted by Crippen LogP contribution is 2.15. The molecule has 2 aromatic rings. The van der Waals surface area contributed by atoms with Crippen LogP contribution in [0.5, 0.6) is 0 Å². The molecule has 0 spiro atoms. The molecule has 2 rings (SSSR count). The van der Waals surface area contributed by atoms with Gasteiger partial charge in [0, 0.05) is 38.6 Å². The number of aromatic nitrogens is 2. The van der Waals surface area contributed by atoms with Crippen molar-refractivity contribution in [3.63, 3.8) is 0 Å². The van der Waals surface area contributed by atoms with Crippen LogP contribution in [-0.4, -0.2) is 34.2 Å². The van der Waals surface area contributed by atoms with Gasteiger partial charge in [0.1, 0.15) is 5.82 Å². The molecule has 0 aliphatic carbocycles. The van der Waals surface area contributed by atoms with Crippen LogP contribution in [0.25, 0.3) is 0 Å². The molecule has 0 fully saturated rings. The molecule has 4 nitrogen and oxygen atoms in total. The van der Waals surface area contributed by atoms with Crippen molar-refractivity contribution in [2.75, 3.05) is 13.7 Å². The fraction of sp³-hybridized carbons (Fsp3) is 0.526. The first-order valence-corrected chi connectivity index (χ1v) is 8.42. The summed E-state index contributed by atoms with van der Waals surface area (Å²) in [6, 6.07) is 9.33. The Hall–Kier alpha value is -1.65. The second kappa shape index (κ2) is 8.85. The summed E-state index contributed by atoms with van der Waals surface area (Å²) in [7, 11) is 1.74. The van der Waals surface area contributed by atoms with Crippen molar-refractivity contribution in [2.45, 2.75) is 52.9 Å². The Kier molecular flexibility index (Phi) is 6.81. The number of nitrogens with zero attached hydrogens (tertiary/aromatic N) is 3. The highest BCUT2D eigenvalue weighted by Gasteiger charge is 2.16. The van der Waals surface area contributed by atoms with Crippen molar-refractivity contribution in [3.05, 3.63) is 53.6 Å². The summed E-state index contributed by atoms with van der Waals surface area (Å²) >= 11 is 0. The predicted molar refractivity (Wildman–Crippen MR) is 94.3 cm³/mol. The van der Waals surface area contributed by atoms with E-state index in [9.17, 15) is 0 Å². The Balaban J connectivity index is 2.09. The third-order valence-electron chi connectivity index (χ3n) is 4.40. The van der Waals surface area contributed by atoms with Crippen LogP contribution in [-0.2, 0) is 24.4 Å². The molecule has 0 unspecified atom stereocenters. The third kappa shape index (κ3) is 5.19. The number of ether oxygens (including phenoxy) is 1. The number of rotatable bonds is 9. The molecule has 0 amide bonds. The average Bonchev–Trinajstić information content (AvgIpc) is 3.00. The minimum atomic E-state index is 0.517. The van der Waals surface area contributed by atoms with Crippen molar-refractivity contribution in [1.29, 1.82) is 0 Å². The monoisotopic (exact) mass is 315 g/mol. The molecule has 1 aromatic heterocycles. The maximum absolute atomic E-state index is 5.19. The maximum atomic E-state index is 5.19. The number of aryl methyl sites for hydroxylation is 1. The lowest BCUT2D eigenvalue weighted by atomic mass is 10.1. The highest BCUT2D eigenvalue weighted by atomic mass is 16.5. The summed E-state index contributed by atoms with van der Waals surface area (Å²) in [5.41, 5.74) is 2.66. The van der Waals surface area contributed by atoms with Gasteiger partial charge < -0.3 is 9.30 Å². The van der Waals surface area contributed by atoms with E-state index in [1.165, 1.54) is 11.1 Å². The Morgan fingerprint density at radius 2 is 1.96 bits per heavy atom. The second-order valence-electron chi connectivity index (χ2n) is 6.18. The van der Waals surface area contributed by atoms with Crippen LogP contribution < -0.4 is 0 Å². The second-order valence-corrected chi connectivity index (χ2v) is 6.18. The number of benzene rings is 1. The van der Waals surface area contributed by atoms with E-state index in [0.717, 1.165) is 31.9 Å². The molecule has 23 heavy (non-hydrogen) atoms. The summed E-state index contributed by atoms with van der Waals surface area (Å²) in [5, 5.41) is 0. The third-order valence-corrected chi connectivity index (χ3v) is 4.40. The lowest BCUT2D eigenvalue weighted by Gasteiger charge is -2.28. The van der Waals surface area contributed by atoms with E-state index in [4.69, 9.17) is 4.74 Å². The molecule has 0 saturated heterocycles. The molecular weight excluding hydrogens is 286 g/mol. The molecule has 1 atom stereocenters. The quantitative estimate of drug-likeness (QED) is 0.708. The van der Waals surface area contributed by atoms with E-state index in [1.54, 1.807) is 7.11 Å². The molecular formula is C19H29N3O. The van der Waals surface area contributed by atoms with E-state index >= 15 is 0 Å². The van der Waals surface area contributed by atoms with Gasteiger partial charge in [0.05, 0.1) is 13.2 Å². The van der Waals surface area contributed by atoms with Gasteiger partial charge in [-0.3, -0.25) is 4.90 Å². The Bertz CT molecular complexity index is 577. The standard InChI is InChI=1S/C19H29N3O/c1-5-17(3)22(14-18-8-6-16(2)7-9-18)15-19-20-10-11-21(19)12-13-23-4/h6-11,17H,5,12-15H2,1-4H3/t17-/m1/s1. The Morgan fingerprint density at radius 3 is 2.61 bits per heavy atom. The first-order valence-electron chi connectivity index (χ1n) is 8.42. The van der Waals surface area contributed by atoms with Crippen LogP contribution in [0.1, 0.15) is 37.2 Å². The maximum Gasteiger partial charge on any atom is 0.122 e. The number of methoxy groups -OCH3 is 1. The largest absolute Gasteiger partial charge is 0.383 e. The van der Waals surface area contributed by atoms with E-state index in [-0.39, 0.29) is 0 Å². The Labute approximate surface area is 140 Å². The SMILES string of the molecule is CC[C@@H](C)N(Cc1ccc(C)cc1)Cc1nccn1CCOC. The van der Waals surface area contributed by atoms with Gasteiger partial charge in [0.25, 0.3) is 0 Å². The van der Waals surface area contributed by atoms with Crippen LogP contribution in [0.3, 0.4) is 0 Å². The molecule has 0 aliphatic rings. The highest BCUT2D eigenvalue weighted by molar-refractivity contribution is 5.21. The molecule has 0 bridgehead atoms. The van der Waals surface area contributed by atoms with Crippen LogP contribution in [0.4, 0.5) is 0 Å². The molecule has 1 aromatic carbocycles. The van der Waals surface area contributed by atoms with Crippen LogP contribution in [0.15, 0.2) is 36.7 Å². The summed E-state index contributed by atoms with van der Waals surface area (Å²) in [6.45, 7) is 10.0. The summed E-state index contributed by atoms with van der Waals surface area (Å²) in [4.78, 5) is 7.04. The van der Waals surface area contributed by atoms with Gasteiger partial charge in [-0.05, 0) is 25.8 Å². The van der Waals surface area contributed by atoms with E-state index in [0.29, 0.717) is 12.6 Å². The lowest BCUT2D eigenvalue weighted by molar-refractivity contribution is 0.168. The fourth-order valence-electron chi connectivity index (χ4n) is 2.62. The minimum Gasteiger partial charge on any atom is -0.383 e. The minimum absolute atomic E-state index is 0.517. The molecule has 0 radical (unpaired) electrons. The van der Waals surface area contributed by atoms with Gasteiger partial charge in [-0.15, -0.1) is 0 Å². The predicted octanol–water partition coefficient (Wildman–Crippen LogP) is 3.64. The zero-order valence-corrected chi connectivity index (χ0v) is 14.8. The zero-order chi connectivity index (χ0) is 16.7. The molecule has 0 aliphatic heterocycles. The van der Waals surface area contributed by atoms with E-state index in [2.05, 4.69) is 59.5 Å². The molecule has 4 heteroatoms. The summed E-state index contributed by atoms with van der Waals surface area (Å²) in [6.07, 6.45) is 5.05.